The summed E-state index contributed by atoms with van der Waals surface area (Å²) in [5.74, 6) is -5.12. The van der Waals surface area contributed by atoms with E-state index < -0.39 is 58.3 Å². The maximum atomic E-state index is 14.0. The molecule has 0 radical (unpaired) electrons. The van der Waals surface area contributed by atoms with Crippen molar-refractivity contribution in [3.63, 3.8) is 0 Å². The van der Waals surface area contributed by atoms with Gasteiger partial charge in [-0.15, -0.1) is 0 Å². The zero-order valence-electron chi connectivity index (χ0n) is 21.6. The van der Waals surface area contributed by atoms with E-state index in [0.717, 1.165) is 12.1 Å². The van der Waals surface area contributed by atoms with Crippen LogP contribution in [0.15, 0.2) is 48.7 Å². The topological polar surface area (TPSA) is 118 Å². The average Bonchev–Trinajstić information content (AvgIpc) is 3.27. The van der Waals surface area contributed by atoms with Crippen LogP contribution >= 0.6 is 0 Å². The maximum absolute atomic E-state index is 14.0. The lowest BCUT2D eigenvalue weighted by Crippen LogP contribution is -2.43. The fraction of sp³-hybridized carbons (Fsp3) is 0.321. The number of carbonyl (C=O) groups is 3. The number of aromatic carboxylic acids is 2. The van der Waals surface area contributed by atoms with Gasteiger partial charge in [0.25, 0.3) is 0 Å². The van der Waals surface area contributed by atoms with Gasteiger partial charge in [-0.25, -0.2) is 23.2 Å². The van der Waals surface area contributed by atoms with Gasteiger partial charge in [-0.2, -0.15) is 0 Å². The van der Waals surface area contributed by atoms with Crippen LogP contribution < -0.4 is 4.74 Å². The Hall–Kier alpha value is -4.41. The van der Waals surface area contributed by atoms with Crippen LogP contribution in [0.5, 0.6) is 11.5 Å². The van der Waals surface area contributed by atoms with Crippen molar-refractivity contribution in [2.24, 2.45) is 0 Å². The van der Waals surface area contributed by atoms with E-state index in [2.05, 4.69) is 0 Å². The number of amides is 1. The molecule has 1 fully saturated rings. The average molecular weight is 543 g/mol. The molecule has 0 aliphatic carbocycles. The van der Waals surface area contributed by atoms with Gasteiger partial charge in [0.15, 0.2) is 17.4 Å². The Morgan fingerprint density at radius 1 is 0.974 bits per heavy atom. The molecule has 0 bridgehead atoms. The Bertz CT molecular complexity index is 1390. The highest BCUT2D eigenvalue weighted by Crippen LogP contribution is 2.35. The number of para-hydroxylation sites is 1. The molecule has 1 saturated heterocycles. The van der Waals surface area contributed by atoms with Crippen molar-refractivity contribution in [2.75, 3.05) is 13.1 Å². The van der Waals surface area contributed by atoms with E-state index in [1.165, 1.54) is 46.0 Å². The van der Waals surface area contributed by atoms with Crippen molar-refractivity contribution in [3.05, 3.63) is 71.6 Å². The summed E-state index contributed by atoms with van der Waals surface area (Å²) in [4.78, 5) is 38.7. The van der Waals surface area contributed by atoms with Gasteiger partial charge >= 0.3 is 18.0 Å². The first kappa shape index (κ1) is 27.6. The van der Waals surface area contributed by atoms with E-state index in [9.17, 15) is 33.4 Å². The van der Waals surface area contributed by atoms with Gasteiger partial charge in [0.05, 0.1) is 11.6 Å². The Morgan fingerprint density at radius 2 is 1.62 bits per heavy atom. The molecule has 39 heavy (non-hydrogen) atoms. The molecule has 9 nitrogen and oxygen atoms in total. The number of aromatic nitrogens is 1. The first-order chi connectivity index (χ1) is 18.4. The second-order valence-electron chi connectivity index (χ2n) is 10.2. The van der Waals surface area contributed by atoms with Crippen LogP contribution in [0.3, 0.4) is 0 Å². The third-order valence-electron chi connectivity index (χ3n) is 6.19. The third-order valence-corrected chi connectivity index (χ3v) is 6.19. The van der Waals surface area contributed by atoms with Crippen LogP contribution in [0.1, 0.15) is 60.5 Å². The molecule has 3 aromatic rings. The van der Waals surface area contributed by atoms with Crippen LogP contribution in [-0.4, -0.2) is 56.4 Å². The van der Waals surface area contributed by atoms with Crippen molar-refractivity contribution >= 4 is 18.0 Å². The van der Waals surface area contributed by atoms with Crippen molar-refractivity contribution in [2.45, 2.75) is 45.3 Å². The van der Waals surface area contributed by atoms with Gasteiger partial charge in [0.2, 0.25) is 0 Å². The third kappa shape index (κ3) is 6.02. The van der Waals surface area contributed by atoms with Crippen molar-refractivity contribution in [1.82, 2.24) is 9.47 Å². The molecule has 0 unspecified atom stereocenters. The highest BCUT2D eigenvalue weighted by molar-refractivity contribution is 6.06. The predicted octanol–water partition coefficient (Wildman–Crippen LogP) is 6.19. The van der Waals surface area contributed by atoms with Gasteiger partial charge in [-0.05, 0) is 63.4 Å². The highest BCUT2D eigenvalue weighted by atomic mass is 19.1. The number of hydrogen-bond acceptors (Lipinski definition) is 5. The van der Waals surface area contributed by atoms with Crippen LogP contribution in [-0.2, 0) is 4.74 Å². The fourth-order valence-corrected chi connectivity index (χ4v) is 4.54. The first-order valence-corrected chi connectivity index (χ1v) is 12.3. The molecule has 1 amide bonds. The lowest BCUT2D eigenvalue weighted by Gasteiger charge is -2.35. The van der Waals surface area contributed by atoms with Gasteiger partial charge in [-0.1, -0.05) is 18.2 Å². The number of ether oxygens (including phenoxy) is 2. The molecule has 1 aliphatic heterocycles. The van der Waals surface area contributed by atoms with E-state index in [1.54, 1.807) is 20.8 Å². The standard InChI is InChI=1S/C28H28F2N2O7/c1-28(2,3)39-27(37)31-13-5-6-17(14-31)32-15-19(22(25(33)34)23(32)26(35)36)16-9-11-18(12-10-16)38-24-20(29)7-4-8-21(24)30/h4,7-12,15,17H,5-6,13-14H2,1-3H3,(H,33,34)(H,35,36)/t17-/m1/s1. The molecule has 11 heteroatoms. The SMILES string of the molecule is CC(C)(C)OC(=O)N1CCC[C@@H](n2cc(-c3ccc(Oc4c(F)cccc4F)cc3)c(C(=O)O)c2C(=O)O)C1. The molecule has 2 heterocycles. The molecule has 206 valence electrons. The van der Waals surface area contributed by atoms with Crippen LogP contribution in [0.4, 0.5) is 13.6 Å². The zero-order chi connectivity index (χ0) is 28.5. The smallest absolute Gasteiger partial charge is 0.410 e. The number of carbonyl (C=O) groups excluding carboxylic acids is 1. The van der Waals surface area contributed by atoms with Crippen molar-refractivity contribution in [1.29, 1.82) is 0 Å². The number of likely N-dealkylation sites (tertiary alicyclic amines) is 1. The fourth-order valence-electron chi connectivity index (χ4n) is 4.54. The summed E-state index contributed by atoms with van der Waals surface area (Å²) in [5, 5.41) is 20.0. The molecule has 1 aromatic heterocycles. The van der Waals surface area contributed by atoms with Gasteiger partial charge in [-0.3, -0.25) is 0 Å². The molecule has 0 saturated carbocycles. The lowest BCUT2D eigenvalue weighted by molar-refractivity contribution is 0.0171. The number of hydrogen-bond donors (Lipinski definition) is 2. The summed E-state index contributed by atoms with van der Waals surface area (Å²) >= 11 is 0. The molecular weight excluding hydrogens is 514 g/mol. The number of nitrogens with zero attached hydrogens (tertiary/aromatic N) is 2. The minimum Gasteiger partial charge on any atom is -0.478 e. The monoisotopic (exact) mass is 542 g/mol. The van der Waals surface area contributed by atoms with Crippen LogP contribution in [0.25, 0.3) is 11.1 Å². The molecule has 2 aromatic carbocycles. The molecular formula is C28H28F2N2O7. The largest absolute Gasteiger partial charge is 0.478 e. The number of halogens is 2. The van der Waals surface area contributed by atoms with E-state index in [4.69, 9.17) is 9.47 Å². The molecule has 2 N–H and O–H groups in total. The second-order valence-corrected chi connectivity index (χ2v) is 10.2. The van der Waals surface area contributed by atoms with Crippen molar-refractivity contribution in [3.8, 4) is 22.6 Å². The maximum Gasteiger partial charge on any atom is 0.410 e. The predicted molar refractivity (Wildman–Crippen MR) is 136 cm³/mol. The lowest BCUT2D eigenvalue weighted by atomic mass is 10.0. The minimum atomic E-state index is -1.44. The van der Waals surface area contributed by atoms with Gasteiger partial charge in [0.1, 0.15) is 17.0 Å². The number of carboxylic acid groups (broad SMARTS) is 2. The quantitative estimate of drug-likeness (QED) is 0.381. The van der Waals surface area contributed by atoms with E-state index in [0.29, 0.717) is 24.9 Å². The molecule has 1 atom stereocenters. The highest BCUT2D eigenvalue weighted by Gasteiger charge is 2.34. The Balaban J connectivity index is 1.68. The molecule has 1 aliphatic rings. The summed E-state index contributed by atoms with van der Waals surface area (Å²) in [6.45, 7) is 5.81. The minimum absolute atomic E-state index is 0.0952. The summed E-state index contributed by atoms with van der Waals surface area (Å²) in [6, 6.07) is 8.55. The van der Waals surface area contributed by atoms with E-state index >= 15 is 0 Å². The summed E-state index contributed by atoms with van der Waals surface area (Å²) in [7, 11) is 0. The van der Waals surface area contributed by atoms with Gasteiger partial charge < -0.3 is 29.2 Å². The summed E-state index contributed by atoms with van der Waals surface area (Å²) in [6.07, 6.45) is 2.00. The van der Waals surface area contributed by atoms with Gasteiger partial charge in [0, 0.05) is 24.8 Å². The Kier molecular flexibility index (Phi) is 7.62. The van der Waals surface area contributed by atoms with Crippen LogP contribution in [0.2, 0.25) is 0 Å². The van der Waals surface area contributed by atoms with E-state index in [1.807, 2.05) is 0 Å². The molecule has 0 spiro atoms. The Morgan fingerprint density at radius 3 is 2.18 bits per heavy atom. The second kappa shape index (κ2) is 10.8. The van der Waals surface area contributed by atoms with Crippen LogP contribution in [0, 0.1) is 11.6 Å². The van der Waals surface area contributed by atoms with E-state index in [-0.39, 0.29) is 17.9 Å². The zero-order valence-corrected chi connectivity index (χ0v) is 21.6. The van der Waals surface area contributed by atoms with Crippen molar-refractivity contribution < 1.29 is 42.9 Å². The summed E-state index contributed by atoms with van der Waals surface area (Å²) < 4.78 is 40.1. The molecule has 4 rings (SSSR count). The number of benzene rings is 2. The number of rotatable bonds is 6. The number of carboxylic acids is 2. The normalized spacial score (nSPS) is 15.6. The Labute approximate surface area is 223 Å². The first-order valence-electron chi connectivity index (χ1n) is 12.3. The number of piperidine rings is 1. The summed E-state index contributed by atoms with van der Waals surface area (Å²) in [5.41, 5.74) is -1.04.